The Bertz CT molecular complexity index is 402. The molecule has 0 bridgehead atoms. The number of hydrogen-bond donors (Lipinski definition) is 2. The van der Waals surface area contributed by atoms with Gasteiger partial charge in [-0.2, -0.15) is 0 Å². The highest BCUT2D eigenvalue weighted by Crippen LogP contribution is 2.20. The second-order valence-corrected chi connectivity index (χ2v) is 4.65. The lowest BCUT2D eigenvalue weighted by Crippen LogP contribution is -2.43. The highest BCUT2D eigenvalue weighted by atomic mass is 35.5. The number of carbonyl (C=O) groups excluding carboxylic acids is 1. The van der Waals surface area contributed by atoms with E-state index in [2.05, 4.69) is 10.6 Å². The summed E-state index contributed by atoms with van der Waals surface area (Å²) in [5.74, 6) is 0.548. The fraction of sp³-hybridized carbons (Fsp3) is 0.417. The average Bonchev–Trinajstić information content (AvgIpc) is 2.18. The number of halogens is 1. The molecule has 1 heterocycles. The maximum absolute atomic E-state index is 11.6. The molecule has 1 aliphatic heterocycles. The van der Waals surface area contributed by atoms with Crippen LogP contribution in [0.25, 0.3) is 0 Å². The van der Waals surface area contributed by atoms with Crippen LogP contribution in [0, 0.1) is 12.8 Å². The zero-order chi connectivity index (χ0) is 11.5. The van der Waals surface area contributed by atoms with Crippen molar-refractivity contribution in [3.8, 4) is 0 Å². The Hall–Kier alpha value is -1.06. The Kier molecular flexibility index (Phi) is 3.46. The van der Waals surface area contributed by atoms with Crippen LogP contribution in [0.1, 0.15) is 12.0 Å². The van der Waals surface area contributed by atoms with Crippen LogP contribution in [0.2, 0.25) is 5.02 Å². The molecule has 2 rings (SSSR count). The molecule has 0 spiro atoms. The quantitative estimate of drug-likeness (QED) is 0.848. The van der Waals surface area contributed by atoms with Crippen molar-refractivity contribution in [3.05, 3.63) is 28.8 Å². The van der Waals surface area contributed by atoms with Gasteiger partial charge in [0.2, 0.25) is 5.91 Å². The smallest absolute Gasteiger partial charge is 0.224 e. The number of benzene rings is 1. The third-order valence-corrected chi connectivity index (χ3v) is 3.20. The molecule has 1 amide bonds. The summed E-state index contributed by atoms with van der Waals surface area (Å²) in [7, 11) is 0. The Labute approximate surface area is 100 Å². The van der Waals surface area contributed by atoms with Gasteiger partial charge in [0.1, 0.15) is 0 Å². The first-order valence-corrected chi connectivity index (χ1v) is 5.79. The summed E-state index contributed by atoms with van der Waals surface area (Å²) in [6.07, 6.45) is 0.582. The van der Waals surface area contributed by atoms with Gasteiger partial charge in [-0.3, -0.25) is 4.79 Å². The van der Waals surface area contributed by atoms with E-state index < -0.39 is 0 Å². The van der Waals surface area contributed by atoms with Crippen LogP contribution in [-0.2, 0) is 4.79 Å². The van der Waals surface area contributed by atoms with E-state index in [1.165, 1.54) is 0 Å². The van der Waals surface area contributed by atoms with Gasteiger partial charge in [-0.05, 0) is 43.6 Å². The van der Waals surface area contributed by atoms with E-state index in [1.807, 2.05) is 19.1 Å². The van der Waals surface area contributed by atoms with Crippen LogP contribution in [0.15, 0.2) is 18.2 Å². The lowest BCUT2D eigenvalue weighted by molar-refractivity contribution is -0.117. The van der Waals surface area contributed by atoms with E-state index in [0.717, 1.165) is 24.3 Å². The molecule has 0 atom stereocenters. The van der Waals surface area contributed by atoms with E-state index in [-0.39, 0.29) is 5.91 Å². The van der Waals surface area contributed by atoms with Crippen molar-refractivity contribution < 1.29 is 4.79 Å². The van der Waals surface area contributed by atoms with Crippen LogP contribution >= 0.6 is 11.6 Å². The number of amides is 1. The molecule has 1 saturated heterocycles. The lowest BCUT2D eigenvalue weighted by atomic mass is 9.99. The summed E-state index contributed by atoms with van der Waals surface area (Å²) >= 11 is 5.98. The average molecular weight is 239 g/mol. The number of nitrogens with one attached hydrogen (secondary N) is 2. The third-order valence-electron chi connectivity index (χ3n) is 2.80. The monoisotopic (exact) mass is 238 g/mol. The van der Waals surface area contributed by atoms with Gasteiger partial charge in [-0.25, -0.2) is 0 Å². The van der Waals surface area contributed by atoms with Crippen molar-refractivity contribution >= 4 is 23.2 Å². The van der Waals surface area contributed by atoms with Crippen LogP contribution in [0.3, 0.4) is 0 Å². The first-order chi connectivity index (χ1) is 7.65. The topological polar surface area (TPSA) is 41.1 Å². The van der Waals surface area contributed by atoms with Gasteiger partial charge >= 0.3 is 0 Å². The molecule has 16 heavy (non-hydrogen) atoms. The molecule has 1 fully saturated rings. The first kappa shape index (κ1) is 11.4. The van der Waals surface area contributed by atoms with Gasteiger partial charge in [0.15, 0.2) is 0 Å². The molecular weight excluding hydrogens is 224 g/mol. The molecule has 3 nitrogen and oxygen atoms in total. The fourth-order valence-electron chi connectivity index (χ4n) is 1.64. The van der Waals surface area contributed by atoms with E-state index in [4.69, 9.17) is 11.6 Å². The highest BCUT2D eigenvalue weighted by molar-refractivity contribution is 6.31. The summed E-state index contributed by atoms with van der Waals surface area (Å²) in [4.78, 5) is 11.6. The summed E-state index contributed by atoms with van der Waals surface area (Å²) in [5, 5.41) is 6.69. The summed E-state index contributed by atoms with van der Waals surface area (Å²) in [5.41, 5.74) is 1.79. The first-order valence-electron chi connectivity index (χ1n) is 5.42. The predicted octanol–water partition coefficient (Wildman–Crippen LogP) is 2.20. The molecule has 2 N–H and O–H groups in total. The number of carbonyl (C=O) groups is 1. The van der Waals surface area contributed by atoms with Gasteiger partial charge in [0, 0.05) is 17.1 Å². The Morgan fingerprint density at radius 2 is 2.31 bits per heavy atom. The van der Waals surface area contributed by atoms with Gasteiger partial charge < -0.3 is 10.6 Å². The largest absolute Gasteiger partial charge is 0.326 e. The Balaban J connectivity index is 1.92. The molecule has 86 valence electrons. The van der Waals surface area contributed by atoms with Crippen LogP contribution < -0.4 is 10.6 Å². The Morgan fingerprint density at radius 1 is 1.56 bits per heavy atom. The van der Waals surface area contributed by atoms with Gasteiger partial charge in [0.25, 0.3) is 0 Å². The second-order valence-electron chi connectivity index (χ2n) is 4.24. The molecule has 0 saturated carbocycles. The minimum atomic E-state index is 0.0615. The summed E-state index contributed by atoms with van der Waals surface area (Å²) in [6, 6.07) is 5.56. The number of anilines is 1. The summed E-state index contributed by atoms with van der Waals surface area (Å²) < 4.78 is 0. The molecule has 0 aliphatic carbocycles. The zero-order valence-electron chi connectivity index (χ0n) is 9.22. The molecule has 0 radical (unpaired) electrons. The molecule has 0 unspecified atom stereocenters. The van der Waals surface area contributed by atoms with Crippen molar-refractivity contribution in [2.24, 2.45) is 5.92 Å². The zero-order valence-corrected chi connectivity index (χ0v) is 9.97. The second kappa shape index (κ2) is 4.85. The van der Waals surface area contributed by atoms with Crippen LogP contribution in [0.5, 0.6) is 0 Å². The van der Waals surface area contributed by atoms with Gasteiger partial charge in [-0.15, -0.1) is 0 Å². The number of hydrogen-bond acceptors (Lipinski definition) is 2. The fourth-order valence-corrected chi connectivity index (χ4v) is 1.82. The predicted molar refractivity (Wildman–Crippen MR) is 65.8 cm³/mol. The molecule has 4 heteroatoms. The van der Waals surface area contributed by atoms with E-state index >= 15 is 0 Å². The molecule has 1 aliphatic rings. The highest BCUT2D eigenvalue weighted by Gasteiger charge is 2.19. The molecule has 1 aromatic rings. The molecule has 0 aromatic heterocycles. The minimum absolute atomic E-state index is 0.0615. The van der Waals surface area contributed by atoms with E-state index in [1.54, 1.807) is 6.07 Å². The maximum Gasteiger partial charge on any atom is 0.224 e. The molecular formula is C12H15ClN2O. The third kappa shape index (κ3) is 2.74. The Morgan fingerprint density at radius 3 is 2.88 bits per heavy atom. The van der Waals surface area contributed by atoms with Crippen molar-refractivity contribution in [1.29, 1.82) is 0 Å². The van der Waals surface area contributed by atoms with Crippen molar-refractivity contribution in [1.82, 2.24) is 5.32 Å². The van der Waals surface area contributed by atoms with Crippen LogP contribution in [-0.4, -0.2) is 19.0 Å². The van der Waals surface area contributed by atoms with Gasteiger partial charge in [-0.1, -0.05) is 17.7 Å². The molecule has 1 aromatic carbocycles. The summed E-state index contributed by atoms with van der Waals surface area (Å²) in [6.45, 7) is 3.83. The lowest BCUT2D eigenvalue weighted by Gasteiger charge is -2.26. The number of rotatable bonds is 3. The van der Waals surface area contributed by atoms with Crippen molar-refractivity contribution in [2.45, 2.75) is 13.3 Å². The van der Waals surface area contributed by atoms with Crippen molar-refractivity contribution in [3.63, 3.8) is 0 Å². The maximum atomic E-state index is 11.6. The van der Waals surface area contributed by atoms with E-state index in [9.17, 15) is 4.79 Å². The van der Waals surface area contributed by atoms with E-state index in [0.29, 0.717) is 17.4 Å². The minimum Gasteiger partial charge on any atom is -0.326 e. The number of aryl methyl sites for hydroxylation is 1. The standard InChI is InChI=1S/C12H15ClN2O/c1-8-2-3-10(5-11(8)13)15-12(16)4-9-6-14-7-9/h2-3,5,9,14H,4,6-7H2,1H3,(H,15,16). The van der Waals surface area contributed by atoms with Crippen molar-refractivity contribution in [2.75, 3.05) is 18.4 Å². The normalized spacial score (nSPS) is 15.6. The van der Waals surface area contributed by atoms with Crippen LogP contribution in [0.4, 0.5) is 5.69 Å². The van der Waals surface area contributed by atoms with Gasteiger partial charge in [0.05, 0.1) is 0 Å². The SMILES string of the molecule is Cc1ccc(NC(=O)CC2CNC2)cc1Cl.